The number of hydrogen-bond acceptors (Lipinski definition) is 5. The molecule has 134 valence electrons. The fourth-order valence-electron chi connectivity index (χ4n) is 2.73. The van der Waals surface area contributed by atoms with Crippen LogP contribution >= 0.6 is 0 Å². The van der Waals surface area contributed by atoms with Crippen molar-refractivity contribution in [3.63, 3.8) is 0 Å². The number of rotatable bonds is 6. The van der Waals surface area contributed by atoms with E-state index >= 15 is 0 Å². The number of ether oxygens (including phenoxy) is 2. The van der Waals surface area contributed by atoms with Crippen LogP contribution in [0, 0.1) is 0 Å². The Morgan fingerprint density at radius 3 is 2.35 bits per heavy atom. The molecule has 3 rings (SSSR count). The summed E-state index contributed by atoms with van der Waals surface area (Å²) in [6.45, 7) is 0.254. The maximum absolute atomic E-state index is 12.5. The third-order valence-electron chi connectivity index (χ3n) is 4.07. The van der Waals surface area contributed by atoms with Crippen molar-refractivity contribution in [2.45, 2.75) is 25.0 Å². The summed E-state index contributed by atoms with van der Waals surface area (Å²) in [7, 11) is 0. The van der Waals surface area contributed by atoms with Gasteiger partial charge in [0.2, 0.25) is 6.10 Å². The molecule has 0 bridgehead atoms. The van der Waals surface area contributed by atoms with Crippen molar-refractivity contribution < 1.29 is 23.9 Å². The summed E-state index contributed by atoms with van der Waals surface area (Å²) in [6.07, 6.45) is -0.577. The summed E-state index contributed by atoms with van der Waals surface area (Å²) in [4.78, 5) is 36.2. The Kier molecular flexibility index (Phi) is 5.63. The molecule has 2 atom stereocenters. The maximum Gasteiger partial charge on any atom is 0.347 e. The number of cyclic esters (lactones) is 1. The van der Waals surface area contributed by atoms with Crippen molar-refractivity contribution in [1.29, 1.82) is 0 Å². The van der Waals surface area contributed by atoms with Gasteiger partial charge in [0, 0.05) is 12.0 Å². The number of amides is 1. The van der Waals surface area contributed by atoms with Crippen LogP contribution in [-0.4, -0.2) is 30.6 Å². The zero-order valence-electron chi connectivity index (χ0n) is 14.1. The molecule has 0 aliphatic carbocycles. The van der Waals surface area contributed by atoms with Gasteiger partial charge in [0.05, 0.1) is 19.1 Å². The molecule has 1 amide bonds. The largest absolute Gasteiger partial charge is 0.463 e. The topological polar surface area (TPSA) is 81.7 Å². The van der Waals surface area contributed by atoms with Crippen LogP contribution in [0.1, 0.15) is 34.8 Å². The summed E-state index contributed by atoms with van der Waals surface area (Å²) in [6, 6.07) is 17.4. The highest BCUT2D eigenvalue weighted by Gasteiger charge is 2.31. The van der Waals surface area contributed by atoms with Gasteiger partial charge >= 0.3 is 11.9 Å². The highest BCUT2D eigenvalue weighted by Crippen LogP contribution is 2.20. The molecule has 26 heavy (non-hydrogen) atoms. The maximum atomic E-state index is 12.5. The molecule has 1 heterocycles. The Balaban J connectivity index is 1.70. The highest BCUT2D eigenvalue weighted by molar-refractivity contribution is 5.94. The van der Waals surface area contributed by atoms with Gasteiger partial charge in [-0.1, -0.05) is 48.5 Å². The van der Waals surface area contributed by atoms with Gasteiger partial charge in [-0.05, 0) is 17.7 Å². The van der Waals surface area contributed by atoms with E-state index in [4.69, 9.17) is 9.47 Å². The fourth-order valence-corrected chi connectivity index (χ4v) is 2.73. The first kappa shape index (κ1) is 17.7. The van der Waals surface area contributed by atoms with Gasteiger partial charge in [-0.15, -0.1) is 0 Å². The lowest BCUT2D eigenvalue weighted by Crippen LogP contribution is -2.32. The van der Waals surface area contributed by atoms with Crippen molar-refractivity contribution in [2.75, 3.05) is 6.61 Å². The van der Waals surface area contributed by atoms with E-state index in [1.54, 1.807) is 24.3 Å². The Hall–Kier alpha value is -3.15. The third kappa shape index (κ3) is 4.47. The minimum atomic E-state index is -0.858. The van der Waals surface area contributed by atoms with E-state index < -0.39 is 24.1 Å². The average Bonchev–Trinajstić information content (AvgIpc) is 3.07. The number of esters is 2. The van der Waals surface area contributed by atoms with E-state index in [0.717, 1.165) is 5.56 Å². The van der Waals surface area contributed by atoms with Crippen LogP contribution in [0.3, 0.4) is 0 Å². The van der Waals surface area contributed by atoms with E-state index in [1.165, 1.54) is 0 Å². The summed E-state index contributed by atoms with van der Waals surface area (Å²) in [5, 5.41) is 2.86. The SMILES string of the molecule is O=C(CC(NC(=O)c1ccccc1)c1ccccc1)OC1CCOC1=O. The van der Waals surface area contributed by atoms with E-state index in [9.17, 15) is 14.4 Å². The number of hydrogen-bond donors (Lipinski definition) is 1. The first-order valence-corrected chi connectivity index (χ1v) is 8.40. The van der Waals surface area contributed by atoms with Crippen molar-refractivity contribution in [3.05, 3.63) is 71.8 Å². The molecule has 1 fully saturated rings. The first-order chi connectivity index (χ1) is 12.6. The second-order valence-corrected chi connectivity index (χ2v) is 5.94. The van der Waals surface area contributed by atoms with E-state index in [2.05, 4.69) is 5.32 Å². The molecule has 1 aliphatic heterocycles. The molecule has 0 spiro atoms. The Bertz CT molecular complexity index is 775. The van der Waals surface area contributed by atoms with E-state index in [0.29, 0.717) is 12.0 Å². The highest BCUT2D eigenvalue weighted by atomic mass is 16.6. The standard InChI is InChI=1S/C20H19NO5/c22-18(26-17-11-12-25-20(17)24)13-16(14-7-3-1-4-8-14)21-19(23)15-9-5-2-6-10-15/h1-10,16-17H,11-13H2,(H,21,23). The smallest absolute Gasteiger partial charge is 0.347 e. The van der Waals surface area contributed by atoms with Gasteiger partial charge in [-0.2, -0.15) is 0 Å². The van der Waals surface area contributed by atoms with Crippen molar-refractivity contribution in [1.82, 2.24) is 5.32 Å². The molecular weight excluding hydrogens is 334 g/mol. The zero-order valence-corrected chi connectivity index (χ0v) is 14.1. The normalized spacial score (nSPS) is 17.2. The van der Waals surface area contributed by atoms with Gasteiger partial charge in [0.15, 0.2) is 0 Å². The van der Waals surface area contributed by atoms with Crippen molar-refractivity contribution >= 4 is 17.8 Å². The van der Waals surface area contributed by atoms with E-state index in [-0.39, 0.29) is 18.9 Å². The lowest BCUT2D eigenvalue weighted by molar-refractivity contribution is -0.160. The van der Waals surface area contributed by atoms with Gasteiger partial charge in [0.1, 0.15) is 0 Å². The van der Waals surface area contributed by atoms with Crippen LogP contribution < -0.4 is 5.32 Å². The van der Waals surface area contributed by atoms with Crippen LogP contribution in [0.15, 0.2) is 60.7 Å². The predicted molar refractivity (Wildman–Crippen MR) is 93.2 cm³/mol. The Morgan fingerprint density at radius 1 is 1.08 bits per heavy atom. The van der Waals surface area contributed by atoms with Crippen LogP contribution in [0.4, 0.5) is 0 Å². The molecular formula is C20H19NO5. The zero-order chi connectivity index (χ0) is 18.4. The monoisotopic (exact) mass is 353 g/mol. The van der Waals surface area contributed by atoms with Crippen molar-refractivity contribution in [3.8, 4) is 0 Å². The number of benzene rings is 2. The summed E-state index contributed by atoms with van der Waals surface area (Å²) in [5.74, 6) is -1.37. The predicted octanol–water partition coefficient (Wildman–Crippen LogP) is 2.41. The number of carbonyl (C=O) groups excluding carboxylic acids is 3. The fraction of sp³-hybridized carbons (Fsp3) is 0.250. The molecule has 2 aromatic carbocycles. The average molecular weight is 353 g/mol. The van der Waals surface area contributed by atoms with Crippen LogP contribution in [0.2, 0.25) is 0 Å². The second-order valence-electron chi connectivity index (χ2n) is 5.94. The molecule has 0 aromatic heterocycles. The third-order valence-corrected chi connectivity index (χ3v) is 4.07. The molecule has 6 nitrogen and oxygen atoms in total. The number of nitrogens with one attached hydrogen (secondary N) is 1. The summed E-state index contributed by atoms with van der Waals surface area (Å²) in [5.41, 5.74) is 1.28. The van der Waals surface area contributed by atoms with Crippen LogP contribution in [-0.2, 0) is 19.1 Å². The molecule has 6 heteroatoms. The number of carbonyl (C=O) groups is 3. The first-order valence-electron chi connectivity index (χ1n) is 8.40. The van der Waals surface area contributed by atoms with Gasteiger partial charge in [0.25, 0.3) is 5.91 Å². The summed E-state index contributed by atoms with van der Waals surface area (Å²) < 4.78 is 9.99. The molecule has 2 aromatic rings. The lowest BCUT2D eigenvalue weighted by Gasteiger charge is -2.19. The van der Waals surface area contributed by atoms with Gasteiger partial charge in [-0.3, -0.25) is 9.59 Å². The van der Waals surface area contributed by atoms with E-state index in [1.807, 2.05) is 36.4 Å². The second kappa shape index (κ2) is 8.29. The Morgan fingerprint density at radius 2 is 1.73 bits per heavy atom. The van der Waals surface area contributed by atoms with Gasteiger partial charge < -0.3 is 14.8 Å². The molecule has 0 radical (unpaired) electrons. The van der Waals surface area contributed by atoms with Gasteiger partial charge in [-0.25, -0.2) is 4.79 Å². The molecule has 1 N–H and O–H groups in total. The molecule has 0 saturated carbocycles. The van der Waals surface area contributed by atoms with Crippen LogP contribution in [0.5, 0.6) is 0 Å². The summed E-state index contributed by atoms with van der Waals surface area (Å²) >= 11 is 0. The lowest BCUT2D eigenvalue weighted by atomic mass is 10.0. The molecule has 1 aliphatic rings. The van der Waals surface area contributed by atoms with Crippen molar-refractivity contribution in [2.24, 2.45) is 0 Å². The molecule has 2 unspecified atom stereocenters. The Labute approximate surface area is 151 Å². The molecule has 1 saturated heterocycles. The quantitative estimate of drug-likeness (QED) is 0.807. The van der Waals surface area contributed by atoms with Crippen LogP contribution in [0.25, 0.3) is 0 Å². The minimum Gasteiger partial charge on any atom is -0.463 e. The minimum absolute atomic E-state index is 0.0770.